The quantitative estimate of drug-likeness (QED) is 0.902. The normalized spacial score (nSPS) is 10.4. The first-order chi connectivity index (χ1) is 9.58. The van der Waals surface area contributed by atoms with Crippen LogP contribution in [0.5, 0.6) is 5.88 Å². The minimum Gasteiger partial charge on any atom is -0.478 e. The molecule has 20 heavy (non-hydrogen) atoms. The molecule has 1 N–H and O–H groups in total. The second kappa shape index (κ2) is 6.65. The number of aryl methyl sites for hydroxylation is 1. The molecule has 0 fully saturated rings. The first-order valence-electron chi connectivity index (χ1n) is 6.24. The number of hydrogen-bond donors (Lipinski definition) is 1. The van der Waals surface area contributed by atoms with E-state index in [4.69, 9.17) is 4.74 Å². The fourth-order valence-corrected chi connectivity index (χ4v) is 2.10. The molecule has 4 nitrogen and oxygen atoms in total. The molecule has 0 amide bonds. The molecule has 1 heterocycles. The molecular formula is C14H15BrFN3O. The van der Waals surface area contributed by atoms with Crippen molar-refractivity contribution < 1.29 is 9.13 Å². The maximum Gasteiger partial charge on any atom is 0.226 e. The molecule has 2 rings (SSSR count). The molecule has 0 aliphatic heterocycles. The topological polar surface area (TPSA) is 47.0 Å². The number of nitrogens with zero attached hydrogens (tertiary/aromatic N) is 2. The van der Waals surface area contributed by atoms with Crippen molar-refractivity contribution in [3.05, 3.63) is 45.8 Å². The molecule has 6 heteroatoms. The van der Waals surface area contributed by atoms with Crippen LogP contribution in [0.1, 0.15) is 18.2 Å². The molecule has 2 aromatic rings. The number of nitrogens with one attached hydrogen (secondary N) is 1. The Morgan fingerprint density at radius 3 is 2.85 bits per heavy atom. The van der Waals surface area contributed by atoms with Gasteiger partial charge in [0.15, 0.2) is 0 Å². The third-order valence-electron chi connectivity index (χ3n) is 2.57. The van der Waals surface area contributed by atoms with E-state index < -0.39 is 0 Å². The summed E-state index contributed by atoms with van der Waals surface area (Å²) in [5.74, 6) is 0.670. The van der Waals surface area contributed by atoms with Crippen molar-refractivity contribution in [1.29, 1.82) is 0 Å². The van der Waals surface area contributed by atoms with E-state index in [9.17, 15) is 4.39 Å². The Kier molecular flexibility index (Phi) is 4.89. The van der Waals surface area contributed by atoms with Gasteiger partial charge in [-0.3, -0.25) is 0 Å². The highest BCUT2D eigenvalue weighted by Gasteiger charge is 2.06. The Hall–Kier alpha value is -1.69. The number of halogens is 2. The average Bonchev–Trinajstić information content (AvgIpc) is 2.40. The first-order valence-corrected chi connectivity index (χ1v) is 7.04. The van der Waals surface area contributed by atoms with Crippen molar-refractivity contribution in [2.45, 2.75) is 20.4 Å². The summed E-state index contributed by atoms with van der Waals surface area (Å²) in [7, 11) is 0. The summed E-state index contributed by atoms with van der Waals surface area (Å²) in [4.78, 5) is 8.46. The molecule has 1 aromatic heterocycles. The zero-order valence-electron chi connectivity index (χ0n) is 11.3. The van der Waals surface area contributed by atoms with Crippen LogP contribution in [0.3, 0.4) is 0 Å². The van der Waals surface area contributed by atoms with Gasteiger partial charge in [0.1, 0.15) is 5.82 Å². The lowest BCUT2D eigenvalue weighted by Crippen LogP contribution is -2.07. The second-order valence-corrected chi connectivity index (χ2v) is 5.11. The summed E-state index contributed by atoms with van der Waals surface area (Å²) >= 11 is 3.32. The number of anilines is 1. The third kappa shape index (κ3) is 3.90. The van der Waals surface area contributed by atoms with Crippen LogP contribution >= 0.6 is 15.9 Å². The van der Waals surface area contributed by atoms with Gasteiger partial charge in [-0.05, 0) is 32.0 Å². The van der Waals surface area contributed by atoms with Crippen LogP contribution in [0, 0.1) is 12.7 Å². The number of rotatable bonds is 5. The Labute approximate surface area is 125 Å². The highest BCUT2D eigenvalue weighted by molar-refractivity contribution is 9.10. The van der Waals surface area contributed by atoms with Crippen LogP contribution in [0.4, 0.5) is 10.3 Å². The lowest BCUT2D eigenvalue weighted by molar-refractivity contribution is 0.326. The summed E-state index contributed by atoms with van der Waals surface area (Å²) < 4.78 is 19.8. The molecule has 0 saturated heterocycles. The van der Waals surface area contributed by atoms with Gasteiger partial charge in [-0.1, -0.05) is 15.9 Å². The van der Waals surface area contributed by atoms with Crippen molar-refractivity contribution in [1.82, 2.24) is 9.97 Å². The predicted octanol–water partition coefficient (Wildman–Crippen LogP) is 3.70. The summed E-state index contributed by atoms with van der Waals surface area (Å²) in [5, 5.41) is 3.01. The second-order valence-electron chi connectivity index (χ2n) is 4.19. The van der Waals surface area contributed by atoms with Gasteiger partial charge in [0.05, 0.1) is 6.61 Å². The maximum atomic E-state index is 13.6. The molecular weight excluding hydrogens is 325 g/mol. The largest absolute Gasteiger partial charge is 0.478 e. The van der Waals surface area contributed by atoms with E-state index in [2.05, 4.69) is 31.2 Å². The number of benzene rings is 1. The van der Waals surface area contributed by atoms with E-state index in [0.717, 1.165) is 10.2 Å². The highest BCUT2D eigenvalue weighted by atomic mass is 79.9. The molecule has 0 radical (unpaired) electrons. The van der Waals surface area contributed by atoms with Crippen LogP contribution in [0.2, 0.25) is 0 Å². The molecule has 1 aromatic carbocycles. The number of aromatic nitrogens is 2. The van der Waals surface area contributed by atoms with Crippen LogP contribution < -0.4 is 10.1 Å². The third-order valence-corrected chi connectivity index (χ3v) is 3.06. The molecule has 0 aliphatic rings. The summed E-state index contributed by atoms with van der Waals surface area (Å²) in [5.41, 5.74) is 1.34. The van der Waals surface area contributed by atoms with Gasteiger partial charge < -0.3 is 10.1 Å². The van der Waals surface area contributed by atoms with E-state index >= 15 is 0 Å². The van der Waals surface area contributed by atoms with E-state index in [1.165, 1.54) is 6.07 Å². The fraction of sp³-hybridized carbons (Fsp3) is 0.286. The van der Waals surface area contributed by atoms with E-state index in [0.29, 0.717) is 30.5 Å². The van der Waals surface area contributed by atoms with Crippen molar-refractivity contribution in [3.8, 4) is 5.88 Å². The van der Waals surface area contributed by atoms with E-state index in [1.54, 1.807) is 18.2 Å². The maximum absolute atomic E-state index is 13.6. The standard InChI is InChI=1S/C14H15BrFN3O/c1-3-20-13-6-9(2)18-14(19-13)17-8-10-7-11(15)4-5-12(10)16/h4-7H,3,8H2,1-2H3,(H,17,18,19). The lowest BCUT2D eigenvalue weighted by Gasteiger charge is -2.09. The fourth-order valence-electron chi connectivity index (χ4n) is 1.69. The Balaban J connectivity index is 2.12. The van der Waals surface area contributed by atoms with Gasteiger partial charge in [0.25, 0.3) is 0 Å². The van der Waals surface area contributed by atoms with Gasteiger partial charge >= 0.3 is 0 Å². The zero-order valence-corrected chi connectivity index (χ0v) is 12.9. The van der Waals surface area contributed by atoms with Gasteiger partial charge in [0.2, 0.25) is 11.8 Å². The highest BCUT2D eigenvalue weighted by Crippen LogP contribution is 2.17. The molecule has 0 atom stereocenters. The summed E-state index contributed by atoms with van der Waals surface area (Å²) in [6.07, 6.45) is 0. The number of ether oxygens (including phenoxy) is 1. The smallest absolute Gasteiger partial charge is 0.226 e. The number of hydrogen-bond acceptors (Lipinski definition) is 4. The Morgan fingerprint density at radius 2 is 2.10 bits per heavy atom. The van der Waals surface area contributed by atoms with Crippen LogP contribution in [0.25, 0.3) is 0 Å². The van der Waals surface area contributed by atoms with Crippen LogP contribution in [0.15, 0.2) is 28.7 Å². The van der Waals surface area contributed by atoms with Gasteiger partial charge in [-0.15, -0.1) is 0 Å². The van der Waals surface area contributed by atoms with Gasteiger partial charge in [-0.2, -0.15) is 4.98 Å². The average molecular weight is 340 g/mol. The van der Waals surface area contributed by atoms with Crippen LogP contribution in [-0.2, 0) is 6.54 Å². The van der Waals surface area contributed by atoms with Crippen molar-refractivity contribution >= 4 is 21.9 Å². The minimum atomic E-state index is -0.265. The monoisotopic (exact) mass is 339 g/mol. The van der Waals surface area contributed by atoms with E-state index in [1.807, 2.05) is 13.8 Å². The van der Waals surface area contributed by atoms with Gasteiger partial charge in [0, 0.05) is 28.3 Å². The van der Waals surface area contributed by atoms with Gasteiger partial charge in [-0.25, -0.2) is 9.37 Å². The SMILES string of the molecule is CCOc1cc(C)nc(NCc2cc(Br)ccc2F)n1. The molecule has 0 aliphatic carbocycles. The first kappa shape index (κ1) is 14.7. The molecule has 0 spiro atoms. The summed E-state index contributed by atoms with van der Waals surface area (Å²) in [6.45, 7) is 4.59. The van der Waals surface area contributed by atoms with Crippen molar-refractivity contribution in [3.63, 3.8) is 0 Å². The van der Waals surface area contributed by atoms with E-state index in [-0.39, 0.29) is 5.82 Å². The molecule has 0 saturated carbocycles. The lowest BCUT2D eigenvalue weighted by atomic mass is 10.2. The minimum absolute atomic E-state index is 0.265. The molecule has 106 valence electrons. The molecule has 0 unspecified atom stereocenters. The Bertz CT molecular complexity index is 607. The van der Waals surface area contributed by atoms with Crippen molar-refractivity contribution in [2.24, 2.45) is 0 Å². The zero-order chi connectivity index (χ0) is 14.5. The predicted molar refractivity (Wildman–Crippen MR) is 79.4 cm³/mol. The summed E-state index contributed by atoms with van der Waals surface area (Å²) in [6, 6.07) is 6.56. The van der Waals surface area contributed by atoms with Crippen molar-refractivity contribution in [2.75, 3.05) is 11.9 Å². The van der Waals surface area contributed by atoms with Crippen LogP contribution in [-0.4, -0.2) is 16.6 Å². The Morgan fingerprint density at radius 1 is 1.30 bits per heavy atom. The molecule has 0 bridgehead atoms.